The summed E-state index contributed by atoms with van der Waals surface area (Å²) in [6.07, 6.45) is 3.46. The van der Waals surface area contributed by atoms with Gasteiger partial charge in [0.15, 0.2) is 5.65 Å². The van der Waals surface area contributed by atoms with Crippen molar-refractivity contribution in [2.45, 2.75) is 6.54 Å². The summed E-state index contributed by atoms with van der Waals surface area (Å²) < 4.78 is 1.89. The molecule has 5 nitrogen and oxygen atoms in total. The highest BCUT2D eigenvalue weighted by atomic mass is 35.5. The number of imidazole rings is 1. The lowest BCUT2D eigenvalue weighted by molar-refractivity contribution is 0.0951. The molecule has 2 heterocycles. The molecule has 1 amide bonds. The van der Waals surface area contributed by atoms with Crippen molar-refractivity contribution in [1.82, 2.24) is 19.9 Å². The van der Waals surface area contributed by atoms with Crippen LogP contribution in [0.2, 0.25) is 5.02 Å². The van der Waals surface area contributed by atoms with Crippen molar-refractivity contribution in [3.05, 3.63) is 89.3 Å². The van der Waals surface area contributed by atoms with Gasteiger partial charge in [0, 0.05) is 29.0 Å². The van der Waals surface area contributed by atoms with Crippen LogP contribution >= 0.6 is 11.6 Å². The molecule has 4 rings (SSSR count). The van der Waals surface area contributed by atoms with Crippen LogP contribution in [-0.2, 0) is 6.54 Å². The van der Waals surface area contributed by atoms with Gasteiger partial charge in [0.25, 0.3) is 5.91 Å². The first-order valence-corrected chi connectivity index (χ1v) is 8.50. The number of aromatic nitrogens is 3. The highest BCUT2D eigenvalue weighted by Gasteiger charge is 2.08. The zero-order valence-electron chi connectivity index (χ0n) is 13.8. The van der Waals surface area contributed by atoms with Crippen molar-refractivity contribution >= 4 is 28.7 Å². The lowest BCUT2D eigenvalue weighted by atomic mass is 10.1. The van der Waals surface area contributed by atoms with E-state index >= 15 is 0 Å². The number of nitrogens with one attached hydrogen (secondary N) is 1. The molecule has 0 unspecified atom stereocenters. The molecule has 0 aliphatic heterocycles. The van der Waals surface area contributed by atoms with Crippen LogP contribution in [0.1, 0.15) is 15.9 Å². The lowest BCUT2D eigenvalue weighted by Crippen LogP contribution is -2.22. The molecule has 0 radical (unpaired) electrons. The Hall–Kier alpha value is -3.18. The van der Waals surface area contributed by atoms with Crippen molar-refractivity contribution in [2.24, 2.45) is 0 Å². The topological polar surface area (TPSA) is 59.8 Å². The first kappa shape index (κ1) is 16.3. The fourth-order valence-electron chi connectivity index (χ4n) is 2.74. The number of carbonyl (C=O) groups is 1. The minimum absolute atomic E-state index is 0.134. The van der Waals surface area contributed by atoms with Gasteiger partial charge in [0.1, 0.15) is 11.8 Å². The minimum Gasteiger partial charge on any atom is -0.348 e. The van der Waals surface area contributed by atoms with Crippen LogP contribution < -0.4 is 5.32 Å². The van der Waals surface area contributed by atoms with Gasteiger partial charge in [-0.3, -0.25) is 9.36 Å². The van der Waals surface area contributed by atoms with Crippen molar-refractivity contribution in [2.75, 3.05) is 0 Å². The second-order valence-corrected chi connectivity index (χ2v) is 6.26. The summed E-state index contributed by atoms with van der Waals surface area (Å²) in [5.74, 6) is -0.134. The Balaban J connectivity index is 1.49. The molecule has 0 fully saturated rings. The van der Waals surface area contributed by atoms with Gasteiger partial charge in [0.2, 0.25) is 0 Å². The van der Waals surface area contributed by atoms with Crippen LogP contribution in [0.5, 0.6) is 0 Å². The molecule has 0 bridgehead atoms. The van der Waals surface area contributed by atoms with Crippen LogP contribution in [0, 0.1) is 0 Å². The number of fused-ring (bicyclic) bond motifs is 1. The van der Waals surface area contributed by atoms with Crippen molar-refractivity contribution < 1.29 is 4.79 Å². The number of hydrogen-bond donors (Lipinski definition) is 1. The average Bonchev–Trinajstić information content (AvgIpc) is 3.10. The van der Waals surface area contributed by atoms with E-state index in [1.54, 1.807) is 30.7 Å². The van der Waals surface area contributed by atoms with Gasteiger partial charge in [-0.2, -0.15) is 0 Å². The van der Waals surface area contributed by atoms with Crippen LogP contribution in [0.4, 0.5) is 0 Å². The third-order valence-corrected chi connectivity index (χ3v) is 4.29. The second-order valence-electron chi connectivity index (χ2n) is 5.82. The molecule has 0 spiro atoms. The number of hydrogen-bond acceptors (Lipinski definition) is 3. The zero-order chi connectivity index (χ0) is 17.9. The Bertz CT molecular complexity index is 1070. The molecule has 0 saturated heterocycles. The van der Waals surface area contributed by atoms with E-state index in [1.165, 1.54) is 0 Å². The van der Waals surface area contributed by atoms with Gasteiger partial charge < -0.3 is 5.32 Å². The van der Waals surface area contributed by atoms with E-state index in [1.807, 2.05) is 47.0 Å². The molecule has 128 valence electrons. The molecule has 0 saturated carbocycles. The van der Waals surface area contributed by atoms with E-state index < -0.39 is 0 Å². The summed E-state index contributed by atoms with van der Waals surface area (Å²) in [5, 5.41) is 3.55. The van der Waals surface area contributed by atoms with Gasteiger partial charge in [-0.05, 0) is 54.1 Å². The number of nitrogens with zero attached hydrogens (tertiary/aromatic N) is 3. The lowest BCUT2D eigenvalue weighted by Gasteiger charge is -2.08. The van der Waals surface area contributed by atoms with Gasteiger partial charge in [-0.25, -0.2) is 9.97 Å². The summed E-state index contributed by atoms with van der Waals surface area (Å²) in [6, 6.07) is 18.5. The van der Waals surface area contributed by atoms with Gasteiger partial charge in [-0.1, -0.05) is 23.7 Å². The quantitative estimate of drug-likeness (QED) is 0.596. The molecule has 26 heavy (non-hydrogen) atoms. The fourth-order valence-corrected chi connectivity index (χ4v) is 2.96. The molecule has 0 aliphatic rings. The molecule has 4 aromatic rings. The van der Waals surface area contributed by atoms with Crippen LogP contribution in [0.25, 0.3) is 16.9 Å². The van der Waals surface area contributed by atoms with Crippen LogP contribution in [0.3, 0.4) is 0 Å². The predicted molar refractivity (Wildman–Crippen MR) is 101 cm³/mol. The monoisotopic (exact) mass is 362 g/mol. The molecular weight excluding hydrogens is 348 g/mol. The number of benzene rings is 2. The Labute approximate surface area is 155 Å². The first-order valence-electron chi connectivity index (χ1n) is 8.12. The summed E-state index contributed by atoms with van der Waals surface area (Å²) in [5.41, 5.74) is 4.06. The van der Waals surface area contributed by atoms with E-state index in [2.05, 4.69) is 15.3 Å². The molecule has 2 aromatic carbocycles. The second kappa shape index (κ2) is 6.98. The Morgan fingerprint density at radius 2 is 1.88 bits per heavy atom. The van der Waals surface area contributed by atoms with Crippen molar-refractivity contribution in [1.29, 1.82) is 0 Å². The molecule has 0 atom stereocenters. The standard InChI is InChI=1S/C20H15ClN4O/c21-16-4-1-3-14(11-16)12-23-20(26)15-6-8-17(9-7-15)25-13-24-18-5-2-10-22-19(18)25/h1-11,13H,12H2,(H,23,26). The largest absolute Gasteiger partial charge is 0.348 e. The van der Waals surface area contributed by atoms with Crippen LogP contribution in [0.15, 0.2) is 73.2 Å². The molecule has 2 aromatic heterocycles. The molecule has 1 N–H and O–H groups in total. The summed E-state index contributed by atoms with van der Waals surface area (Å²) >= 11 is 5.96. The number of pyridine rings is 1. The Morgan fingerprint density at radius 1 is 1.04 bits per heavy atom. The van der Waals surface area contributed by atoms with Gasteiger partial charge >= 0.3 is 0 Å². The third kappa shape index (κ3) is 3.30. The number of halogens is 1. The van der Waals surface area contributed by atoms with E-state index in [0.29, 0.717) is 17.1 Å². The third-order valence-electron chi connectivity index (χ3n) is 4.06. The maximum Gasteiger partial charge on any atom is 0.251 e. The normalized spacial score (nSPS) is 10.8. The summed E-state index contributed by atoms with van der Waals surface area (Å²) in [7, 11) is 0. The molecule has 6 heteroatoms. The smallest absolute Gasteiger partial charge is 0.251 e. The van der Waals surface area contributed by atoms with E-state index in [9.17, 15) is 4.79 Å². The van der Waals surface area contributed by atoms with Gasteiger partial charge in [-0.15, -0.1) is 0 Å². The first-order chi connectivity index (χ1) is 12.7. The predicted octanol–water partition coefficient (Wildman–Crippen LogP) is 4.00. The maximum atomic E-state index is 12.3. The fraction of sp³-hybridized carbons (Fsp3) is 0.0500. The Kier molecular flexibility index (Phi) is 4.37. The van der Waals surface area contributed by atoms with E-state index in [0.717, 1.165) is 22.4 Å². The summed E-state index contributed by atoms with van der Waals surface area (Å²) in [4.78, 5) is 21.0. The number of rotatable bonds is 4. The summed E-state index contributed by atoms with van der Waals surface area (Å²) in [6.45, 7) is 0.428. The Morgan fingerprint density at radius 3 is 2.69 bits per heavy atom. The zero-order valence-corrected chi connectivity index (χ0v) is 14.5. The average molecular weight is 363 g/mol. The highest BCUT2D eigenvalue weighted by Crippen LogP contribution is 2.16. The SMILES string of the molecule is O=C(NCc1cccc(Cl)c1)c1ccc(-n2cnc3cccnc32)cc1. The minimum atomic E-state index is -0.134. The van der Waals surface area contributed by atoms with E-state index in [-0.39, 0.29) is 5.91 Å². The van der Waals surface area contributed by atoms with Gasteiger partial charge in [0.05, 0.1) is 0 Å². The van der Waals surface area contributed by atoms with Crippen molar-refractivity contribution in [3.63, 3.8) is 0 Å². The number of amides is 1. The molecule has 0 aliphatic carbocycles. The van der Waals surface area contributed by atoms with E-state index in [4.69, 9.17) is 11.6 Å². The maximum absolute atomic E-state index is 12.3. The van der Waals surface area contributed by atoms with Crippen molar-refractivity contribution in [3.8, 4) is 5.69 Å². The number of carbonyl (C=O) groups excluding carboxylic acids is 1. The molecular formula is C20H15ClN4O. The highest BCUT2D eigenvalue weighted by molar-refractivity contribution is 6.30. The van der Waals surface area contributed by atoms with Crippen LogP contribution in [-0.4, -0.2) is 20.4 Å².